The summed E-state index contributed by atoms with van der Waals surface area (Å²) in [5, 5.41) is 14.1. The van der Waals surface area contributed by atoms with Crippen molar-refractivity contribution in [3.63, 3.8) is 0 Å². The minimum Gasteiger partial charge on any atom is -0.393 e. The highest BCUT2D eigenvalue weighted by Crippen LogP contribution is 2.26. The molecule has 0 spiro atoms. The Bertz CT molecular complexity index is 552. The fourth-order valence-electron chi connectivity index (χ4n) is 2.05. The van der Waals surface area contributed by atoms with E-state index in [0.717, 1.165) is 34.7 Å². The third-order valence-corrected chi connectivity index (χ3v) is 3.65. The smallest absolute Gasteiger partial charge is 0.182 e. The Morgan fingerprint density at radius 1 is 1.35 bits per heavy atom. The Balaban J connectivity index is 2.03. The lowest BCUT2D eigenvalue weighted by Crippen LogP contribution is -2.23. The lowest BCUT2D eigenvalue weighted by Gasteiger charge is -2.16. The van der Waals surface area contributed by atoms with Crippen molar-refractivity contribution in [2.45, 2.75) is 25.5 Å². The molecule has 3 rings (SSSR count). The third kappa shape index (κ3) is 2.00. The highest BCUT2D eigenvalue weighted by atomic mass is 79.9. The maximum atomic E-state index is 9.60. The van der Waals surface area contributed by atoms with Crippen LogP contribution in [0.25, 0.3) is 11.4 Å². The van der Waals surface area contributed by atoms with Gasteiger partial charge < -0.3 is 5.11 Å². The van der Waals surface area contributed by atoms with Crippen LogP contribution in [0.2, 0.25) is 0 Å². The average molecular weight is 294 g/mol. The maximum Gasteiger partial charge on any atom is 0.182 e. The summed E-state index contributed by atoms with van der Waals surface area (Å²) in [6, 6.07) is 7.90. The Morgan fingerprint density at radius 3 is 3.00 bits per heavy atom. The topological polar surface area (TPSA) is 50.9 Å². The van der Waals surface area contributed by atoms with E-state index in [1.54, 1.807) is 0 Å². The number of aliphatic hydroxyl groups excluding tert-OH is 1. The monoisotopic (exact) mass is 293 g/mol. The molecule has 1 aromatic carbocycles. The zero-order chi connectivity index (χ0) is 11.8. The van der Waals surface area contributed by atoms with Gasteiger partial charge in [0.05, 0.1) is 6.10 Å². The summed E-state index contributed by atoms with van der Waals surface area (Å²) in [7, 11) is 0. The quantitative estimate of drug-likeness (QED) is 0.875. The predicted octanol–water partition coefficient (Wildman–Crippen LogP) is 2.01. The van der Waals surface area contributed by atoms with E-state index in [9.17, 15) is 5.11 Å². The van der Waals surface area contributed by atoms with Crippen LogP contribution < -0.4 is 0 Å². The summed E-state index contributed by atoms with van der Waals surface area (Å²) in [5.41, 5.74) is 0.990. The lowest BCUT2D eigenvalue weighted by atomic mass is 10.1. The van der Waals surface area contributed by atoms with Crippen LogP contribution in [0.4, 0.5) is 0 Å². The molecule has 17 heavy (non-hydrogen) atoms. The van der Waals surface area contributed by atoms with E-state index in [4.69, 9.17) is 0 Å². The molecule has 1 aromatic heterocycles. The molecule has 88 valence electrons. The van der Waals surface area contributed by atoms with Crippen LogP contribution in [0.5, 0.6) is 0 Å². The highest BCUT2D eigenvalue weighted by Gasteiger charge is 2.20. The summed E-state index contributed by atoms with van der Waals surface area (Å²) in [4.78, 5) is 4.49. The van der Waals surface area contributed by atoms with Gasteiger partial charge >= 0.3 is 0 Å². The summed E-state index contributed by atoms with van der Waals surface area (Å²) in [6.45, 7) is 0.744. The van der Waals surface area contributed by atoms with E-state index in [1.165, 1.54) is 0 Å². The van der Waals surface area contributed by atoms with Crippen LogP contribution in [0, 0.1) is 0 Å². The standard InChI is InChI=1S/C12H12BrN3O/c13-10-4-2-1-3-9(10)12-14-11-7-8(17)5-6-16(11)15-12/h1-4,8,17H,5-7H2. The van der Waals surface area contributed by atoms with E-state index in [-0.39, 0.29) is 6.10 Å². The lowest BCUT2D eigenvalue weighted by molar-refractivity contribution is 0.138. The first kappa shape index (κ1) is 10.9. The fourth-order valence-corrected chi connectivity index (χ4v) is 2.51. The molecule has 0 fully saturated rings. The number of benzene rings is 1. The van der Waals surface area contributed by atoms with Gasteiger partial charge in [0, 0.05) is 23.0 Å². The number of hydrogen-bond donors (Lipinski definition) is 1. The Labute approximate surface area is 107 Å². The number of nitrogens with zero attached hydrogens (tertiary/aromatic N) is 3. The average Bonchev–Trinajstić information content (AvgIpc) is 2.72. The minimum atomic E-state index is -0.279. The largest absolute Gasteiger partial charge is 0.393 e. The zero-order valence-electron chi connectivity index (χ0n) is 9.17. The summed E-state index contributed by atoms with van der Waals surface area (Å²) < 4.78 is 2.88. The molecule has 0 bridgehead atoms. The van der Waals surface area contributed by atoms with Gasteiger partial charge in [0.2, 0.25) is 0 Å². The summed E-state index contributed by atoms with van der Waals surface area (Å²) >= 11 is 3.50. The van der Waals surface area contributed by atoms with Crippen molar-refractivity contribution in [1.29, 1.82) is 0 Å². The number of rotatable bonds is 1. The molecule has 1 aliphatic rings. The van der Waals surface area contributed by atoms with Gasteiger partial charge in [-0.2, -0.15) is 5.10 Å². The van der Waals surface area contributed by atoms with E-state index < -0.39 is 0 Å². The van der Waals surface area contributed by atoms with Crippen LogP contribution in [0.15, 0.2) is 28.7 Å². The van der Waals surface area contributed by atoms with Crippen molar-refractivity contribution in [2.24, 2.45) is 0 Å². The van der Waals surface area contributed by atoms with Crippen LogP contribution in [-0.4, -0.2) is 26.0 Å². The maximum absolute atomic E-state index is 9.60. The molecule has 0 radical (unpaired) electrons. The molecular formula is C12H12BrN3O. The Morgan fingerprint density at radius 2 is 2.18 bits per heavy atom. The second-order valence-electron chi connectivity index (χ2n) is 4.20. The van der Waals surface area contributed by atoms with E-state index >= 15 is 0 Å². The van der Waals surface area contributed by atoms with E-state index in [2.05, 4.69) is 26.0 Å². The van der Waals surface area contributed by atoms with Gasteiger partial charge in [0.1, 0.15) is 5.82 Å². The molecule has 1 aliphatic heterocycles. The van der Waals surface area contributed by atoms with Gasteiger partial charge in [-0.3, -0.25) is 0 Å². The van der Waals surface area contributed by atoms with Crippen LogP contribution >= 0.6 is 15.9 Å². The van der Waals surface area contributed by atoms with Crippen LogP contribution in [-0.2, 0) is 13.0 Å². The second kappa shape index (κ2) is 4.23. The molecule has 0 saturated carbocycles. The van der Waals surface area contributed by atoms with Crippen LogP contribution in [0.3, 0.4) is 0 Å². The summed E-state index contributed by atoms with van der Waals surface area (Å²) in [6.07, 6.45) is 1.07. The molecule has 0 aliphatic carbocycles. The number of aryl methyl sites for hydroxylation is 1. The van der Waals surface area contributed by atoms with Crippen LogP contribution in [0.1, 0.15) is 12.2 Å². The number of halogens is 1. The number of fused-ring (bicyclic) bond motifs is 1. The van der Waals surface area contributed by atoms with Gasteiger partial charge in [-0.15, -0.1) is 0 Å². The molecule has 1 unspecified atom stereocenters. The number of aliphatic hydroxyl groups is 1. The molecular weight excluding hydrogens is 282 g/mol. The van der Waals surface area contributed by atoms with Gasteiger partial charge in [0.25, 0.3) is 0 Å². The van der Waals surface area contributed by atoms with Crippen molar-refractivity contribution >= 4 is 15.9 Å². The van der Waals surface area contributed by atoms with Crippen molar-refractivity contribution in [1.82, 2.24) is 14.8 Å². The van der Waals surface area contributed by atoms with Crippen molar-refractivity contribution < 1.29 is 5.11 Å². The normalized spacial score (nSPS) is 19.1. The van der Waals surface area contributed by atoms with Gasteiger partial charge in [-0.1, -0.05) is 28.1 Å². The third-order valence-electron chi connectivity index (χ3n) is 2.96. The summed E-state index contributed by atoms with van der Waals surface area (Å²) in [5.74, 6) is 1.59. The molecule has 4 nitrogen and oxygen atoms in total. The van der Waals surface area contributed by atoms with E-state index in [0.29, 0.717) is 6.42 Å². The minimum absolute atomic E-state index is 0.279. The van der Waals surface area contributed by atoms with Gasteiger partial charge in [0.15, 0.2) is 5.82 Å². The molecule has 2 heterocycles. The first-order valence-corrected chi connectivity index (χ1v) is 6.40. The van der Waals surface area contributed by atoms with Crippen molar-refractivity contribution in [3.8, 4) is 11.4 Å². The molecule has 2 aromatic rings. The first-order chi connectivity index (χ1) is 8.24. The molecule has 0 saturated heterocycles. The molecule has 1 N–H and O–H groups in total. The Kier molecular flexibility index (Phi) is 2.72. The predicted molar refractivity (Wildman–Crippen MR) is 67.5 cm³/mol. The first-order valence-electron chi connectivity index (χ1n) is 5.61. The molecule has 1 atom stereocenters. The van der Waals surface area contributed by atoms with Crippen molar-refractivity contribution in [3.05, 3.63) is 34.6 Å². The number of aromatic nitrogens is 3. The molecule has 0 amide bonds. The SMILES string of the molecule is OC1CCn2nc(-c3ccccc3Br)nc2C1. The van der Waals surface area contributed by atoms with Gasteiger partial charge in [-0.05, 0) is 18.6 Å². The molecule has 5 heteroatoms. The zero-order valence-corrected chi connectivity index (χ0v) is 10.8. The van der Waals surface area contributed by atoms with Gasteiger partial charge in [-0.25, -0.2) is 9.67 Å². The second-order valence-corrected chi connectivity index (χ2v) is 5.06. The highest BCUT2D eigenvalue weighted by molar-refractivity contribution is 9.10. The fraction of sp³-hybridized carbons (Fsp3) is 0.333. The number of hydrogen-bond acceptors (Lipinski definition) is 3. The Hall–Kier alpha value is -1.20. The van der Waals surface area contributed by atoms with E-state index in [1.807, 2.05) is 28.9 Å². The van der Waals surface area contributed by atoms with Crippen molar-refractivity contribution in [2.75, 3.05) is 0 Å².